The van der Waals surface area contributed by atoms with Gasteiger partial charge >= 0.3 is 10.1 Å². The summed E-state index contributed by atoms with van der Waals surface area (Å²) in [4.78, 5) is 6.10. The molecule has 1 N–H and O–H groups in total. The van der Waals surface area contributed by atoms with Crippen LogP contribution in [0.15, 0.2) is 59.5 Å². The Morgan fingerprint density at radius 2 is 1.59 bits per heavy atom. The van der Waals surface area contributed by atoms with Gasteiger partial charge < -0.3 is 23.4 Å². The number of ether oxygens (including phenoxy) is 3. The number of benzene rings is 3. The van der Waals surface area contributed by atoms with Crippen LogP contribution in [0.25, 0.3) is 10.9 Å². The van der Waals surface area contributed by atoms with Crippen LogP contribution in [-0.2, 0) is 29.5 Å². The number of H-pyrrole nitrogens is 1. The summed E-state index contributed by atoms with van der Waals surface area (Å²) < 4.78 is 48.2. The molecule has 1 atom stereocenters. The molecule has 0 amide bonds. The molecule has 0 spiro atoms. The minimum absolute atomic E-state index is 0.0797. The predicted octanol–water partition coefficient (Wildman–Crippen LogP) is 4.62. The predicted molar refractivity (Wildman–Crippen MR) is 139 cm³/mol. The van der Waals surface area contributed by atoms with Crippen LogP contribution < -0.4 is 18.4 Å². The van der Waals surface area contributed by atoms with Gasteiger partial charge in [-0.1, -0.05) is 18.2 Å². The first-order chi connectivity index (χ1) is 17.9. The number of nitrogens with one attached hydrogen (secondary N) is 1. The zero-order chi connectivity index (χ0) is 25.7. The second-order valence-corrected chi connectivity index (χ2v) is 10.9. The molecular weight excluding hydrogens is 492 g/mol. The Bertz CT molecular complexity index is 1600. The van der Waals surface area contributed by atoms with Crippen molar-refractivity contribution < 1.29 is 26.8 Å². The maximum absolute atomic E-state index is 13.0. The molecule has 192 valence electrons. The summed E-state index contributed by atoms with van der Waals surface area (Å²) in [6.45, 7) is 1.66. The molecule has 8 nitrogen and oxygen atoms in total. The molecule has 9 heteroatoms. The van der Waals surface area contributed by atoms with E-state index in [0.29, 0.717) is 17.2 Å². The van der Waals surface area contributed by atoms with E-state index >= 15 is 0 Å². The zero-order valence-electron chi connectivity index (χ0n) is 20.9. The number of hydrogen-bond donors (Lipinski definition) is 1. The van der Waals surface area contributed by atoms with Crippen molar-refractivity contribution in [1.82, 2.24) is 9.88 Å². The first kappa shape index (κ1) is 23.7. The molecule has 0 saturated heterocycles. The third kappa shape index (κ3) is 3.98. The van der Waals surface area contributed by atoms with Gasteiger partial charge in [0.15, 0.2) is 23.0 Å². The maximum atomic E-state index is 13.0. The summed E-state index contributed by atoms with van der Waals surface area (Å²) in [5.41, 5.74) is 5.63. The number of hydrogen-bond acceptors (Lipinski definition) is 7. The first-order valence-electron chi connectivity index (χ1n) is 12.1. The fourth-order valence-electron chi connectivity index (χ4n) is 5.56. The Morgan fingerprint density at radius 1 is 0.892 bits per heavy atom. The van der Waals surface area contributed by atoms with Gasteiger partial charge in [-0.25, -0.2) is 0 Å². The molecule has 0 radical (unpaired) electrons. The number of aromatic amines is 1. The van der Waals surface area contributed by atoms with Crippen molar-refractivity contribution in [3.05, 3.63) is 77.0 Å². The summed E-state index contributed by atoms with van der Waals surface area (Å²) in [6, 6.07) is 16.0. The standard InChI is InChI=1S/C28H28N2O6S/c1-33-25-11-17-9-10-30-16-23-20(21-14-26(34-2)27(35-3)15-22(21)29-23)12-24(30)19(17)13-28(25)36-37(31,32)18-7-5-4-6-8-18/h4-8,11,13-15,24,29H,9-10,12,16H2,1-3H3. The molecule has 4 aromatic rings. The summed E-state index contributed by atoms with van der Waals surface area (Å²) in [5, 5.41) is 1.11. The van der Waals surface area contributed by atoms with Crippen LogP contribution in [0.1, 0.15) is 28.4 Å². The van der Waals surface area contributed by atoms with Crippen molar-refractivity contribution >= 4 is 21.0 Å². The highest BCUT2D eigenvalue weighted by molar-refractivity contribution is 7.87. The minimum atomic E-state index is -4.01. The van der Waals surface area contributed by atoms with Crippen LogP contribution in [-0.4, -0.2) is 46.2 Å². The van der Waals surface area contributed by atoms with E-state index in [1.807, 2.05) is 24.3 Å². The molecule has 0 saturated carbocycles. The first-order valence-corrected chi connectivity index (χ1v) is 13.5. The van der Waals surface area contributed by atoms with Crippen molar-refractivity contribution in [2.45, 2.75) is 30.3 Å². The second-order valence-electron chi connectivity index (χ2n) is 9.33. The molecule has 3 heterocycles. The van der Waals surface area contributed by atoms with Gasteiger partial charge in [0, 0.05) is 41.8 Å². The lowest BCUT2D eigenvalue weighted by atomic mass is 9.85. The van der Waals surface area contributed by atoms with Crippen molar-refractivity contribution in [2.75, 3.05) is 27.9 Å². The van der Waals surface area contributed by atoms with Gasteiger partial charge in [0.1, 0.15) is 4.90 Å². The van der Waals surface area contributed by atoms with Gasteiger partial charge in [-0.15, -0.1) is 0 Å². The fourth-order valence-corrected chi connectivity index (χ4v) is 6.52. The van der Waals surface area contributed by atoms with Gasteiger partial charge in [-0.3, -0.25) is 4.90 Å². The van der Waals surface area contributed by atoms with Gasteiger partial charge in [-0.2, -0.15) is 8.42 Å². The molecule has 6 rings (SSSR count). The van der Waals surface area contributed by atoms with Crippen LogP contribution in [0.5, 0.6) is 23.0 Å². The van der Waals surface area contributed by atoms with E-state index in [2.05, 4.69) is 9.88 Å². The van der Waals surface area contributed by atoms with Gasteiger partial charge in [-0.05, 0) is 59.9 Å². The quantitative estimate of drug-likeness (QED) is 0.371. The monoisotopic (exact) mass is 520 g/mol. The Kier molecular flexibility index (Phi) is 5.77. The van der Waals surface area contributed by atoms with E-state index in [1.165, 1.54) is 30.5 Å². The van der Waals surface area contributed by atoms with Crippen LogP contribution in [0, 0.1) is 0 Å². The summed E-state index contributed by atoms with van der Waals surface area (Å²) >= 11 is 0. The summed E-state index contributed by atoms with van der Waals surface area (Å²) in [7, 11) is 0.792. The molecule has 0 fully saturated rings. The van der Waals surface area contributed by atoms with Gasteiger partial charge in [0.2, 0.25) is 0 Å². The molecule has 2 aliphatic rings. The lowest BCUT2D eigenvalue weighted by Gasteiger charge is -2.40. The van der Waals surface area contributed by atoms with E-state index in [0.717, 1.165) is 48.0 Å². The maximum Gasteiger partial charge on any atom is 0.339 e. The van der Waals surface area contributed by atoms with Crippen molar-refractivity contribution in [3.63, 3.8) is 0 Å². The second kappa shape index (κ2) is 9.00. The lowest BCUT2D eigenvalue weighted by molar-refractivity contribution is 0.159. The largest absolute Gasteiger partial charge is 0.493 e. The van der Waals surface area contributed by atoms with Crippen LogP contribution >= 0.6 is 0 Å². The number of rotatable bonds is 6. The Labute approximate surface area is 215 Å². The summed E-state index contributed by atoms with van der Waals surface area (Å²) in [5.74, 6) is 1.98. The molecule has 3 aromatic carbocycles. The molecule has 2 aliphatic heterocycles. The van der Waals surface area contributed by atoms with Crippen molar-refractivity contribution in [3.8, 4) is 23.0 Å². The van der Waals surface area contributed by atoms with E-state index in [1.54, 1.807) is 32.4 Å². The number of aromatic nitrogens is 1. The smallest absolute Gasteiger partial charge is 0.339 e. The third-order valence-corrected chi connectivity index (χ3v) is 8.63. The molecule has 1 unspecified atom stereocenters. The number of nitrogens with zero attached hydrogens (tertiary/aromatic N) is 1. The highest BCUT2D eigenvalue weighted by Gasteiger charge is 2.35. The average molecular weight is 521 g/mol. The Morgan fingerprint density at radius 3 is 2.32 bits per heavy atom. The highest BCUT2D eigenvalue weighted by atomic mass is 32.2. The van der Waals surface area contributed by atoms with Crippen LogP contribution in [0.2, 0.25) is 0 Å². The Hall–Kier alpha value is -3.69. The topological polar surface area (TPSA) is 90.1 Å². The fraction of sp³-hybridized carbons (Fsp3) is 0.286. The Balaban J connectivity index is 1.41. The zero-order valence-corrected chi connectivity index (χ0v) is 21.7. The molecule has 0 bridgehead atoms. The molecular formula is C28H28N2O6S. The van der Waals surface area contributed by atoms with Gasteiger partial charge in [0.05, 0.1) is 21.3 Å². The van der Waals surface area contributed by atoms with Gasteiger partial charge in [0.25, 0.3) is 0 Å². The third-order valence-electron chi connectivity index (χ3n) is 7.38. The number of fused-ring (bicyclic) bond motifs is 6. The normalized spacial score (nSPS) is 17.0. The summed E-state index contributed by atoms with van der Waals surface area (Å²) in [6.07, 6.45) is 1.61. The van der Waals surface area contributed by atoms with E-state index < -0.39 is 10.1 Å². The molecule has 0 aliphatic carbocycles. The van der Waals surface area contributed by atoms with E-state index in [-0.39, 0.29) is 16.7 Å². The van der Waals surface area contributed by atoms with Crippen LogP contribution in [0.3, 0.4) is 0 Å². The van der Waals surface area contributed by atoms with Crippen molar-refractivity contribution in [2.24, 2.45) is 0 Å². The number of methoxy groups -OCH3 is 3. The van der Waals surface area contributed by atoms with Crippen molar-refractivity contribution in [1.29, 1.82) is 0 Å². The molecule has 37 heavy (non-hydrogen) atoms. The van der Waals surface area contributed by atoms with E-state index in [4.69, 9.17) is 18.4 Å². The average Bonchev–Trinajstić information content (AvgIpc) is 3.27. The molecule has 1 aromatic heterocycles. The van der Waals surface area contributed by atoms with Crippen LogP contribution in [0.4, 0.5) is 0 Å². The lowest BCUT2D eigenvalue weighted by Crippen LogP contribution is -2.39. The highest BCUT2D eigenvalue weighted by Crippen LogP contribution is 2.45. The van der Waals surface area contributed by atoms with E-state index in [9.17, 15) is 8.42 Å². The minimum Gasteiger partial charge on any atom is -0.493 e. The SMILES string of the molecule is COc1cc2[nH]c3c(c2cc1OC)CC1c2cc(OS(=O)(=O)c4ccccc4)c(OC)cc2CCN1C3.